The highest BCUT2D eigenvalue weighted by Gasteiger charge is 2.30. The molecule has 0 N–H and O–H groups in total. The molecule has 0 radical (unpaired) electrons. The minimum atomic E-state index is -0.442. The van der Waals surface area contributed by atoms with Gasteiger partial charge in [0.05, 0.1) is 6.61 Å². The number of hydrogen-bond acceptors (Lipinski definition) is 3. The van der Waals surface area contributed by atoms with Crippen LogP contribution in [0.5, 0.6) is 0 Å². The summed E-state index contributed by atoms with van der Waals surface area (Å²) < 4.78 is 10.6. The van der Waals surface area contributed by atoms with Crippen LogP contribution in [0, 0.1) is 0 Å². The van der Waals surface area contributed by atoms with Crippen LogP contribution in [-0.4, -0.2) is 42.9 Å². The Morgan fingerprint density at radius 2 is 2.05 bits per heavy atom. The molecule has 1 aliphatic rings. The molecule has 1 heterocycles. The summed E-state index contributed by atoms with van der Waals surface area (Å²) in [6, 6.07) is 0.200. The van der Waals surface area contributed by atoms with Gasteiger partial charge >= 0.3 is 6.09 Å². The number of hydrogen-bond donors (Lipinski definition) is 0. The zero-order chi connectivity index (χ0) is 14.5. The van der Waals surface area contributed by atoms with Crippen LogP contribution < -0.4 is 0 Å². The van der Waals surface area contributed by atoms with Gasteiger partial charge in [-0.15, -0.1) is 0 Å². The standard InChI is InChI=1S/C15H27NO3/c1-12(11-18-5)10-13-8-6-7-9-16(13)14(17)19-15(2,3)4/h13H,1,6-11H2,2-5H3/t13-/m0/s1. The van der Waals surface area contributed by atoms with E-state index < -0.39 is 5.60 Å². The van der Waals surface area contributed by atoms with Crippen molar-refractivity contribution in [1.29, 1.82) is 0 Å². The van der Waals surface area contributed by atoms with E-state index in [0.717, 1.165) is 37.8 Å². The van der Waals surface area contributed by atoms with Gasteiger partial charge in [0, 0.05) is 19.7 Å². The number of methoxy groups -OCH3 is 1. The summed E-state index contributed by atoms with van der Waals surface area (Å²) in [6.07, 6.45) is 3.81. The first-order valence-electron chi connectivity index (χ1n) is 6.98. The number of amides is 1. The van der Waals surface area contributed by atoms with Crippen LogP contribution in [0.25, 0.3) is 0 Å². The summed E-state index contributed by atoms with van der Waals surface area (Å²) in [7, 11) is 1.66. The lowest BCUT2D eigenvalue weighted by molar-refractivity contribution is 0.00961. The number of ether oxygens (including phenoxy) is 2. The summed E-state index contributed by atoms with van der Waals surface area (Å²) >= 11 is 0. The Hall–Kier alpha value is -1.03. The Kier molecular flexibility index (Phi) is 5.85. The summed E-state index contributed by atoms with van der Waals surface area (Å²) in [5.41, 5.74) is 0.589. The van der Waals surface area contributed by atoms with Crippen LogP contribution in [-0.2, 0) is 9.47 Å². The smallest absolute Gasteiger partial charge is 0.410 e. The second-order valence-corrected chi connectivity index (χ2v) is 6.21. The molecule has 0 saturated carbocycles. The number of nitrogens with zero attached hydrogens (tertiary/aromatic N) is 1. The quantitative estimate of drug-likeness (QED) is 0.734. The van der Waals surface area contributed by atoms with E-state index >= 15 is 0 Å². The third-order valence-electron chi connectivity index (χ3n) is 3.13. The van der Waals surface area contributed by atoms with Crippen molar-refractivity contribution in [3.8, 4) is 0 Å². The van der Waals surface area contributed by atoms with E-state index in [-0.39, 0.29) is 12.1 Å². The molecule has 1 rings (SSSR count). The second kappa shape index (κ2) is 6.94. The van der Waals surface area contributed by atoms with Crippen molar-refractivity contribution >= 4 is 6.09 Å². The molecule has 0 bridgehead atoms. The van der Waals surface area contributed by atoms with Crippen molar-refractivity contribution in [3.63, 3.8) is 0 Å². The molecule has 0 spiro atoms. The molecule has 0 aromatic carbocycles. The molecule has 110 valence electrons. The van der Waals surface area contributed by atoms with E-state index in [4.69, 9.17) is 9.47 Å². The maximum absolute atomic E-state index is 12.2. The van der Waals surface area contributed by atoms with E-state index in [9.17, 15) is 4.79 Å². The van der Waals surface area contributed by atoms with Crippen LogP contribution >= 0.6 is 0 Å². The highest BCUT2D eigenvalue weighted by molar-refractivity contribution is 5.68. The first-order valence-corrected chi connectivity index (χ1v) is 6.98. The lowest BCUT2D eigenvalue weighted by Gasteiger charge is -2.37. The van der Waals surface area contributed by atoms with Crippen molar-refractivity contribution in [1.82, 2.24) is 4.90 Å². The van der Waals surface area contributed by atoms with Gasteiger partial charge in [0.1, 0.15) is 5.60 Å². The predicted octanol–water partition coefficient (Wildman–Crippen LogP) is 3.37. The normalized spacial score (nSPS) is 20.2. The number of rotatable bonds is 4. The van der Waals surface area contributed by atoms with Gasteiger partial charge in [-0.2, -0.15) is 0 Å². The highest BCUT2D eigenvalue weighted by Crippen LogP contribution is 2.24. The first kappa shape index (κ1) is 16.0. The van der Waals surface area contributed by atoms with E-state index in [0.29, 0.717) is 6.61 Å². The average Bonchev–Trinajstić information content (AvgIpc) is 2.27. The Bertz CT molecular complexity index is 320. The van der Waals surface area contributed by atoms with Crippen LogP contribution in [0.2, 0.25) is 0 Å². The number of piperidine rings is 1. The summed E-state index contributed by atoms with van der Waals surface area (Å²) in [6.45, 7) is 11.0. The van der Waals surface area contributed by atoms with Gasteiger partial charge in [-0.3, -0.25) is 0 Å². The molecule has 1 aliphatic heterocycles. The number of carbonyl (C=O) groups excluding carboxylic acids is 1. The fourth-order valence-corrected chi connectivity index (χ4v) is 2.37. The van der Waals surface area contributed by atoms with Gasteiger partial charge in [0.2, 0.25) is 0 Å². The van der Waals surface area contributed by atoms with Crippen LogP contribution in [0.15, 0.2) is 12.2 Å². The Labute approximate surface area is 116 Å². The van der Waals surface area contributed by atoms with Gasteiger partial charge in [-0.25, -0.2) is 4.79 Å². The van der Waals surface area contributed by atoms with Crippen molar-refractivity contribution in [2.45, 2.75) is 58.1 Å². The maximum Gasteiger partial charge on any atom is 0.410 e. The zero-order valence-electron chi connectivity index (χ0n) is 12.7. The van der Waals surface area contributed by atoms with Gasteiger partial charge in [0.15, 0.2) is 0 Å². The van der Waals surface area contributed by atoms with E-state index in [2.05, 4.69) is 6.58 Å². The Morgan fingerprint density at radius 3 is 2.63 bits per heavy atom. The Balaban J connectivity index is 2.61. The molecule has 1 amide bonds. The lowest BCUT2D eigenvalue weighted by Crippen LogP contribution is -2.46. The van der Waals surface area contributed by atoms with Gasteiger partial charge in [-0.1, -0.05) is 6.58 Å². The topological polar surface area (TPSA) is 38.8 Å². The minimum Gasteiger partial charge on any atom is -0.444 e. The Morgan fingerprint density at radius 1 is 1.37 bits per heavy atom. The zero-order valence-corrected chi connectivity index (χ0v) is 12.7. The summed E-state index contributed by atoms with van der Waals surface area (Å²) in [5.74, 6) is 0. The van der Waals surface area contributed by atoms with Gasteiger partial charge < -0.3 is 14.4 Å². The molecular weight excluding hydrogens is 242 g/mol. The lowest BCUT2D eigenvalue weighted by atomic mass is 9.97. The van der Waals surface area contributed by atoms with Crippen LogP contribution in [0.4, 0.5) is 4.79 Å². The molecule has 0 aliphatic carbocycles. The van der Waals surface area contributed by atoms with Crippen molar-refractivity contribution in [2.75, 3.05) is 20.3 Å². The molecule has 1 saturated heterocycles. The van der Waals surface area contributed by atoms with E-state index in [1.54, 1.807) is 7.11 Å². The van der Waals surface area contributed by atoms with E-state index in [1.165, 1.54) is 0 Å². The predicted molar refractivity (Wildman–Crippen MR) is 76.2 cm³/mol. The summed E-state index contributed by atoms with van der Waals surface area (Å²) in [4.78, 5) is 14.1. The molecular formula is C15H27NO3. The SMILES string of the molecule is C=C(COC)C[C@@H]1CCCCN1C(=O)OC(C)(C)C. The first-order chi connectivity index (χ1) is 8.83. The fraction of sp³-hybridized carbons (Fsp3) is 0.800. The number of carbonyl (C=O) groups is 1. The molecule has 0 aromatic heterocycles. The molecule has 4 heteroatoms. The largest absolute Gasteiger partial charge is 0.444 e. The fourth-order valence-electron chi connectivity index (χ4n) is 2.37. The van der Waals surface area contributed by atoms with Crippen LogP contribution in [0.1, 0.15) is 46.5 Å². The maximum atomic E-state index is 12.2. The molecule has 19 heavy (non-hydrogen) atoms. The molecule has 1 fully saturated rings. The molecule has 0 unspecified atom stereocenters. The van der Waals surface area contributed by atoms with Crippen molar-refractivity contribution < 1.29 is 14.3 Å². The minimum absolute atomic E-state index is 0.200. The number of likely N-dealkylation sites (tertiary alicyclic amines) is 1. The molecule has 1 atom stereocenters. The monoisotopic (exact) mass is 269 g/mol. The van der Waals surface area contributed by atoms with Gasteiger partial charge in [-0.05, 0) is 52.0 Å². The van der Waals surface area contributed by atoms with Crippen LogP contribution in [0.3, 0.4) is 0 Å². The van der Waals surface area contributed by atoms with Gasteiger partial charge in [0.25, 0.3) is 0 Å². The third-order valence-corrected chi connectivity index (χ3v) is 3.13. The highest BCUT2D eigenvalue weighted by atomic mass is 16.6. The molecule has 0 aromatic rings. The van der Waals surface area contributed by atoms with Crippen molar-refractivity contribution in [3.05, 3.63) is 12.2 Å². The van der Waals surface area contributed by atoms with Crippen molar-refractivity contribution in [2.24, 2.45) is 0 Å². The third kappa shape index (κ3) is 5.64. The average molecular weight is 269 g/mol. The van der Waals surface area contributed by atoms with E-state index in [1.807, 2.05) is 25.7 Å². The molecule has 4 nitrogen and oxygen atoms in total. The summed E-state index contributed by atoms with van der Waals surface area (Å²) in [5, 5.41) is 0. The second-order valence-electron chi connectivity index (χ2n) is 6.21.